The molecule has 16 heteroatoms. The molecule has 6 rings (SSSR count). The molecule has 0 aliphatic carbocycles. The van der Waals surface area contributed by atoms with Gasteiger partial charge in [0.15, 0.2) is 5.82 Å². The number of nitrogens with zero attached hydrogens (tertiary/aromatic N) is 5. The summed E-state index contributed by atoms with van der Waals surface area (Å²) in [7, 11) is 1.93. The van der Waals surface area contributed by atoms with Gasteiger partial charge >= 0.3 is 6.01 Å². The summed E-state index contributed by atoms with van der Waals surface area (Å²) in [5.41, 5.74) is 3.97. The molecular formula is C33H34ClF3N6O5S. The second-order valence-electron chi connectivity index (χ2n) is 12.6. The maximum atomic E-state index is 16.9. The van der Waals surface area contributed by atoms with Crippen molar-refractivity contribution in [2.45, 2.75) is 25.9 Å². The van der Waals surface area contributed by atoms with E-state index >= 15 is 8.78 Å². The first kappa shape index (κ1) is 36.1. The Morgan fingerprint density at radius 3 is 2.67 bits per heavy atom. The van der Waals surface area contributed by atoms with Crippen LogP contribution in [0.5, 0.6) is 6.01 Å². The van der Waals surface area contributed by atoms with E-state index in [9.17, 15) is 14.8 Å². The first-order valence-electron chi connectivity index (χ1n) is 15.1. The number of ether oxygens (including phenoxy) is 2. The van der Waals surface area contributed by atoms with Crippen LogP contribution in [0.1, 0.15) is 25.8 Å². The van der Waals surface area contributed by atoms with E-state index in [1.54, 1.807) is 11.8 Å². The third kappa shape index (κ3) is 7.10. The van der Waals surface area contributed by atoms with Crippen molar-refractivity contribution in [3.05, 3.63) is 52.3 Å². The summed E-state index contributed by atoms with van der Waals surface area (Å²) in [5, 5.41) is 28.0. The van der Waals surface area contributed by atoms with E-state index < -0.39 is 22.7 Å². The molecule has 2 aliphatic rings. The third-order valence-corrected chi connectivity index (χ3v) is 9.88. The summed E-state index contributed by atoms with van der Waals surface area (Å²) in [6.07, 6.45) is 1.13. The number of thiophene rings is 1. The minimum Gasteiger partial charge on any atom is -0.483 e. The standard InChI is InChI=1S/C32H32ClF3N6O3S.CH2O2/c1-31(13-41(3)7-6-17(31)11-34)15-45-30-39-27-18(29(40-30)42-8-9-44-16-32(2,43)14-42)10-20(33)24(26(27)36)25-21(35)4-5-22-23(25)19(12-37)28(38)46-22;2-1-3/h4-5,10-11,43H,6-9,13-16,38H2,1-3H3;1H,(H,2,3)/b17-11+;/t31-,32-;/m0./s1. The fraction of sp³-hybridized carbons (Fsp3) is 0.394. The van der Waals surface area contributed by atoms with Gasteiger partial charge in [0.1, 0.15) is 40.4 Å². The molecular weight excluding hydrogens is 685 g/mol. The molecule has 0 saturated carbocycles. The Labute approximate surface area is 288 Å². The van der Waals surface area contributed by atoms with Crippen molar-refractivity contribution in [3.8, 4) is 23.2 Å². The molecule has 0 unspecified atom stereocenters. The number of β-amino-alcohol motifs (C(OH)–C–C–N with tert-alkyl or cyclic N) is 1. The maximum absolute atomic E-state index is 16.9. The topological polar surface area (TPSA) is 158 Å². The number of hydrogen-bond donors (Lipinski definition) is 3. The second-order valence-corrected chi connectivity index (χ2v) is 14.1. The summed E-state index contributed by atoms with van der Waals surface area (Å²) in [4.78, 5) is 21.2. The molecule has 2 atom stereocenters. The van der Waals surface area contributed by atoms with Gasteiger partial charge in [0.05, 0.1) is 36.7 Å². The number of nitrogen functional groups attached to an aromatic ring is 1. The van der Waals surface area contributed by atoms with Crippen molar-refractivity contribution < 1.29 is 37.7 Å². The molecule has 0 spiro atoms. The zero-order chi connectivity index (χ0) is 35.7. The molecule has 0 radical (unpaired) electrons. The number of anilines is 2. The van der Waals surface area contributed by atoms with Crippen LogP contribution in [0.4, 0.5) is 24.0 Å². The molecule has 2 fully saturated rings. The summed E-state index contributed by atoms with van der Waals surface area (Å²) >= 11 is 7.82. The predicted octanol–water partition coefficient (Wildman–Crippen LogP) is 5.76. The Balaban J connectivity index is 0.00000151. The monoisotopic (exact) mass is 718 g/mol. The number of likely N-dealkylation sites (tertiary alicyclic amines) is 1. The van der Waals surface area contributed by atoms with Gasteiger partial charge in [-0.3, -0.25) is 4.79 Å². The molecule has 2 aliphatic heterocycles. The number of aromatic nitrogens is 2. The van der Waals surface area contributed by atoms with Crippen molar-refractivity contribution in [3.63, 3.8) is 0 Å². The van der Waals surface area contributed by atoms with Gasteiger partial charge in [0.2, 0.25) is 0 Å². The van der Waals surface area contributed by atoms with Gasteiger partial charge in [0.25, 0.3) is 6.47 Å². The number of hydrogen-bond acceptors (Lipinski definition) is 11. The van der Waals surface area contributed by atoms with Crippen LogP contribution >= 0.6 is 22.9 Å². The predicted molar refractivity (Wildman–Crippen MR) is 182 cm³/mol. The molecule has 4 heterocycles. The Morgan fingerprint density at radius 1 is 1.24 bits per heavy atom. The molecule has 4 N–H and O–H groups in total. The second kappa shape index (κ2) is 14.3. The molecule has 2 aromatic heterocycles. The number of halogens is 4. The zero-order valence-electron chi connectivity index (χ0n) is 26.9. The van der Waals surface area contributed by atoms with Crippen LogP contribution < -0.4 is 15.4 Å². The van der Waals surface area contributed by atoms with Crippen molar-refractivity contribution >= 4 is 61.2 Å². The average Bonchev–Trinajstić information content (AvgIpc) is 3.25. The van der Waals surface area contributed by atoms with Gasteiger partial charge in [-0.2, -0.15) is 15.2 Å². The van der Waals surface area contributed by atoms with Gasteiger partial charge in [-0.25, -0.2) is 13.2 Å². The van der Waals surface area contributed by atoms with Crippen LogP contribution in [0.2, 0.25) is 5.02 Å². The summed E-state index contributed by atoms with van der Waals surface area (Å²) in [6, 6.07) is 5.90. The molecule has 2 saturated heterocycles. The minimum atomic E-state index is -1.26. The van der Waals surface area contributed by atoms with Crippen LogP contribution in [-0.4, -0.2) is 90.2 Å². The van der Waals surface area contributed by atoms with E-state index in [0.29, 0.717) is 42.7 Å². The van der Waals surface area contributed by atoms with Crippen molar-refractivity contribution in [2.75, 3.05) is 63.7 Å². The van der Waals surface area contributed by atoms with Gasteiger partial charge in [0, 0.05) is 51.6 Å². The van der Waals surface area contributed by atoms with Crippen molar-refractivity contribution in [1.29, 1.82) is 5.26 Å². The molecule has 4 aromatic rings. The SMILES string of the molecule is CN1CC/C(=C\F)[C@](C)(COc2nc(N3CCOC[C@@](C)(O)C3)c3cc(Cl)c(-c4c(F)ccc5sc(N)c(C#N)c45)c(F)c3n2)C1.O=CO. The highest BCUT2D eigenvalue weighted by Crippen LogP contribution is 2.46. The van der Waals surface area contributed by atoms with E-state index in [1.165, 1.54) is 18.2 Å². The average molecular weight is 719 g/mol. The van der Waals surface area contributed by atoms with Gasteiger partial charge < -0.3 is 35.2 Å². The van der Waals surface area contributed by atoms with Crippen molar-refractivity contribution in [2.24, 2.45) is 5.41 Å². The summed E-state index contributed by atoms with van der Waals surface area (Å²) in [6.45, 7) is 5.16. The number of nitrogens with two attached hydrogens (primary N) is 1. The van der Waals surface area contributed by atoms with Crippen LogP contribution in [0, 0.1) is 28.4 Å². The van der Waals surface area contributed by atoms with E-state index in [2.05, 4.69) is 14.9 Å². The summed E-state index contributed by atoms with van der Waals surface area (Å²) < 4.78 is 58.6. The smallest absolute Gasteiger partial charge is 0.319 e. The number of piperidine rings is 1. The van der Waals surface area contributed by atoms with Crippen LogP contribution in [0.3, 0.4) is 0 Å². The fourth-order valence-electron chi connectivity index (χ4n) is 6.36. The molecule has 260 valence electrons. The van der Waals surface area contributed by atoms with Gasteiger partial charge in [-0.05, 0) is 44.2 Å². The van der Waals surface area contributed by atoms with Crippen LogP contribution in [-0.2, 0) is 9.53 Å². The van der Waals surface area contributed by atoms with Crippen molar-refractivity contribution in [1.82, 2.24) is 14.9 Å². The first-order chi connectivity index (χ1) is 23.3. The molecule has 2 aromatic carbocycles. The zero-order valence-corrected chi connectivity index (χ0v) is 28.5. The summed E-state index contributed by atoms with van der Waals surface area (Å²) in [5.74, 6) is -1.53. The largest absolute Gasteiger partial charge is 0.483 e. The molecule has 0 bridgehead atoms. The molecule has 0 amide bonds. The van der Waals surface area contributed by atoms with Crippen LogP contribution in [0.15, 0.2) is 30.1 Å². The Kier molecular flexibility index (Phi) is 10.6. The van der Waals surface area contributed by atoms with E-state index in [0.717, 1.165) is 11.3 Å². The Bertz CT molecular complexity index is 1990. The lowest BCUT2D eigenvalue weighted by molar-refractivity contribution is -0.122. The lowest BCUT2D eigenvalue weighted by Gasteiger charge is -2.40. The number of aliphatic hydroxyl groups is 1. The Hall–Kier alpha value is -4.20. The number of rotatable bonds is 5. The van der Waals surface area contributed by atoms with E-state index in [1.807, 2.05) is 20.0 Å². The third-order valence-electron chi connectivity index (χ3n) is 8.59. The quantitative estimate of drug-likeness (QED) is 0.216. The van der Waals surface area contributed by atoms with Gasteiger partial charge in [-0.1, -0.05) is 18.5 Å². The number of carboxylic acid groups (broad SMARTS) is 1. The maximum Gasteiger partial charge on any atom is 0.319 e. The normalized spacial score (nSPS) is 22.4. The molecule has 11 nitrogen and oxygen atoms in total. The fourth-order valence-corrected chi connectivity index (χ4v) is 7.57. The highest BCUT2D eigenvalue weighted by atomic mass is 35.5. The lowest BCUT2D eigenvalue weighted by Crippen LogP contribution is -2.44. The number of fused-ring (bicyclic) bond motifs is 2. The van der Waals surface area contributed by atoms with E-state index in [-0.39, 0.29) is 87.7 Å². The highest BCUT2D eigenvalue weighted by molar-refractivity contribution is 7.23. The van der Waals surface area contributed by atoms with E-state index in [4.69, 9.17) is 36.7 Å². The number of benzene rings is 2. The molecule has 49 heavy (non-hydrogen) atoms. The minimum absolute atomic E-state index is 0.00538. The Morgan fingerprint density at radius 2 is 1.98 bits per heavy atom. The number of nitriles is 1. The highest BCUT2D eigenvalue weighted by Gasteiger charge is 2.36. The first-order valence-corrected chi connectivity index (χ1v) is 16.3. The number of carbonyl (C=O) groups is 1. The lowest BCUT2D eigenvalue weighted by atomic mass is 9.78. The van der Waals surface area contributed by atoms with Crippen LogP contribution in [0.25, 0.3) is 32.1 Å². The van der Waals surface area contributed by atoms with Gasteiger partial charge in [-0.15, -0.1) is 11.3 Å².